The summed E-state index contributed by atoms with van der Waals surface area (Å²) >= 11 is 0. The van der Waals surface area contributed by atoms with E-state index in [4.69, 9.17) is 5.73 Å². The number of piperazine rings is 1. The average molecular weight is 293 g/mol. The summed E-state index contributed by atoms with van der Waals surface area (Å²) < 4.78 is 1.21. The van der Waals surface area contributed by atoms with Crippen molar-refractivity contribution < 1.29 is 4.48 Å². The number of hydrogen-bond donors (Lipinski definition) is 2. The molecule has 21 heavy (non-hydrogen) atoms. The Kier molecular flexibility index (Phi) is 8.35. The highest BCUT2D eigenvalue weighted by Crippen LogP contribution is 2.09. The van der Waals surface area contributed by atoms with Crippen LogP contribution in [-0.4, -0.2) is 69.3 Å². The van der Waals surface area contributed by atoms with Crippen LogP contribution in [0.5, 0.6) is 0 Å². The predicted octanol–water partition coefficient (Wildman–Crippen LogP) is 1.33. The predicted molar refractivity (Wildman–Crippen MR) is 92.0 cm³/mol. The molecule has 4 nitrogen and oxygen atoms in total. The molecular formula is C17H33N4+. The summed E-state index contributed by atoms with van der Waals surface area (Å²) in [6.07, 6.45) is 10.1. The fraction of sp³-hybridized carbons (Fsp3) is 0.647. The molecule has 0 amide bonds. The van der Waals surface area contributed by atoms with E-state index < -0.39 is 0 Å². The van der Waals surface area contributed by atoms with E-state index in [1.807, 2.05) is 18.4 Å². The van der Waals surface area contributed by atoms with Gasteiger partial charge in [0.2, 0.25) is 0 Å². The van der Waals surface area contributed by atoms with Crippen molar-refractivity contribution in [2.45, 2.75) is 12.8 Å². The molecular weight excluding hydrogens is 260 g/mol. The van der Waals surface area contributed by atoms with E-state index in [9.17, 15) is 0 Å². The summed E-state index contributed by atoms with van der Waals surface area (Å²) in [5.41, 5.74) is 6.80. The molecule has 120 valence electrons. The maximum Gasteiger partial charge on any atom is 0.0914 e. The number of quaternary nitrogens is 1. The van der Waals surface area contributed by atoms with Crippen LogP contribution in [0.3, 0.4) is 0 Å². The van der Waals surface area contributed by atoms with Gasteiger partial charge in [-0.3, -0.25) is 4.90 Å². The number of allylic oxidation sites excluding steroid dienone is 3. The zero-order chi connectivity index (χ0) is 15.6. The summed E-state index contributed by atoms with van der Waals surface area (Å²) in [4.78, 5) is 2.42. The zero-order valence-electron chi connectivity index (χ0n) is 13.9. The molecule has 0 saturated carbocycles. The van der Waals surface area contributed by atoms with Gasteiger partial charge in [-0.25, -0.2) is 0 Å². The smallest absolute Gasteiger partial charge is 0.0914 e. The molecule has 1 saturated heterocycles. The largest absolute Gasteiger partial charge is 0.391 e. The van der Waals surface area contributed by atoms with Crippen molar-refractivity contribution in [2.75, 3.05) is 59.9 Å². The minimum atomic E-state index is 0.675. The van der Waals surface area contributed by atoms with Crippen LogP contribution in [0.2, 0.25) is 0 Å². The number of nitrogens with zero attached hydrogens (tertiary/aromatic N) is 2. The van der Waals surface area contributed by atoms with Gasteiger partial charge in [-0.05, 0) is 37.9 Å². The lowest BCUT2D eigenvalue weighted by Crippen LogP contribution is -2.56. The first-order valence-electron chi connectivity index (χ1n) is 8.03. The molecule has 0 bridgehead atoms. The van der Waals surface area contributed by atoms with Crippen molar-refractivity contribution in [1.82, 2.24) is 10.2 Å². The fourth-order valence-electron chi connectivity index (χ4n) is 2.62. The molecule has 0 atom stereocenters. The van der Waals surface area contributed by atoms with E-state index in [2.05, 4.69) is 37.0 Å². The summed E-state index contributed by atoms with van der Waals surface area (Å²) in [7, 11) is 4.60. The van der Waals surface area contributed by atoms with E-state index >= 15 is 0 Å². The van der Waals surface area contributed by atoms with Crippen LogP contribution in [0.25, 0.3) is 0 Å². The monoisotopic (exact) mass is 293 g/mol. The van der Waals surface area contributed by atoms with E-state index in [-0.39, 0.29) is 0 Å². The van der Waals surface area contributed by atoms with Crippen molar-refractivity contribution >= 4 is 0 Å². The standard InChI is InChI=1S/C17H33N4/c1-4-6-17(7-9-18)8-11-19-10-5-14-21(3)15-12-20(2)13-16-21/h4,6,8,11,19H,1,5,7,9-10,12-16,18H2,2-3H3/q+1. The fourth-order valence-corrected chi connectivity index (χ4v) is 2.62. The molecule has 1 rings (SSSR count). The molecule has 1 aliphatic rings. The van der Waals surface area contributed by atoms with Crippen LogP contribution in [-0.2, 0) is 0 Å². The Hall–Kier alpha value is -1.10. The van der Waals surface area contributed by atoms with Gasteiger partial charge in [-0.15, -0.1) is 0 Å². The van der Waals surface area contributed by atoms with Crippen molar-refractivity contribution in [3.8, 4) is 0 Å². The third kappa shape index (κ3) is 7.46. The van der Waals surface area contributed by atoms with Gasteiger partial charge in [0.05, 0.1) is 26.7 Å². The quantitative estimate of drug-likeness (QED) is 0.383. The van der Waals surface area contributed by atoms with Gasteiger partial charge in [0.25, 0.3) is 0 Å². The highest BCUT2D eigenvalue weighted by molar-refractivity contribution is 5.22. The van der Waals surface area contributed by atoms with Crippen molar-refractivity contribution in [3.05, 3.63) is 36.6 Å². The molecule has 1 fully saturated rings. The van der Waals surface area contributed by atoms with E-state index in [1.165, 1.54) is 49.2 Å². The van der Waals surface area contributed by atoms with Gasteiger partial charge in [0, 0.05) is 26.1 Å². The van der Waals surface area contributed by atoms with Gasteiger partial charge in [-0.1, -0.05) is 18.7 Å². The van der Waals surface area contributed by atoms with Crippen molar-refractivity contribution in [1.29, 1.82) is 0 Å². The summed E-state index contributed by atoms with van der Waals surface area (Å²) in [6, 6.07) is 0. The van der Waals surface area contributed by atoms with E-state index in [0.717, 1.165) is 13.0 Å². The Balaban J connectivity index is 2.19. The Bertz CT molecular complexity index is 352. The Morgan fingerprint density at radius 1 is 1.38 bits per heavy atom. The van der Waals surface area contributed by atoms with Gasteiger partial charge < -0.3 is 15.5 Å². The number of hydrogen-bond acceptors (Lipinski definition) is 3. The molecule has 0 aromatic rings. The lowest BCUT2D eigenvalue weighted by molar-refractivity contribution is -0.913. The molecule has 0 radical (unpaired) electrons. The van der Waals surface area contributed by atoms with Crippen LogP contribution in [0.4, 0.5) is 0 Å². The first kappa shape index (κ1) is 18.0. The molecule has 0 spiro atoms. The molecule has 0 aromatic heterocycles. The van der Waals surface area contributed by atoms with Crippen LogP contribution in [0, 0.1) is 0 Å². The summed E-state index contributed by atoms with van der Waals surface area (Å²) in [5.74, 6) is 0. The SMILES string of the molecule is C=CC=C(C=CNCCC[N+]1(C)CCN(C)CC1)CCN. The van der Waals surface area contributed by atoms with E-state index in [1.54, 1.807) is 0 Å². The average Bonchev–Trinajstić information content (AvgIpc) is 2.46. The molecule has 1 heterocycles. The van der Waals surface area contributed by atoms with Crippen LogP contribution in [0.1, 0.15) is 12.8 Å². The third-order valence-electron chi connectivity index (χ3n) is 4.24. The van der Waals surface area contributed by atoms with Gasteiger partial charge in [-0.2, -0.15) is 0 Å². The first-order valence-corrected chi connectivity index (χ1v) is 8.03. The summed E-state index contributed by atoms with van der Waals surface area (Å²) in [5, 5.41) is 3.38. The molecule has 0 unspecified atom stereocenters. The molecule has 1 aliphatic heterocycles. The minimum Gasteiger partial charge on any atom is -0.391 e. The second-order valence-corrected chi connectivity index (χ2v) is 6.25. The second kappa shape index (κ2) is 9.77. The second-order valence-electron chi connectivity index (χ2n) is 6.25. The lowest BCUT2D eigenvalue weighted by Gasteiger charge is -2.41. The lowest BCUT2D eigenvalue weighted by atomic mass is 10.1. The highest BCUT2D eigenvalue weighted by Gasteiger charge is 2.26. The zero-order valence-corrected chi connectivity index (χ0v) is 13.9. The highest BCUT2D eigenvalue weighted by atomic mass is 15.4. The van der Waals surface area contributed by atoms with E-state index in [0.29, 0.717) is 6.54 Å². The van der Waals surface area contributed by atoms with Crippen LogP contribution >= 0.6 is 0 Å². The third-order valence-corrected chi connectivity index (χ3v) is 4.24. The van der Waals surface area contributed by atoms with Gasteiger partial charge >= 0.3 is 0 Å². The molecule has 3 N–H and O–H groups in total. The van der Waals surface area contributed by atoms with Crippen LogP contribution < -0.4 is 11.1 Å². The normalized spacial score (nSPS) is 19.9. The maximum atomic E-state index is 5.58. The number of nitrogens with one attached hydrogen (secondary N) is 1. The maximum absolute atomic E-state index is 5.58. The number of nitrogens with two attached hydrogens (primary N) is 1. The topological polar surface area (TPSA) is 41.3 Å². The Morgan fingerprint density at radius 2 is 2.10 bits per heavy atom. The Labute approximate surface area is 130 Å². The first-order chi connectivity index (χ1) is 10.1. The summed E-state index contributed by atoms with van der Waals surface area (Å²) in [6.45, 7) is 11.7. The van der Waals surface area contributed by atoms with Crippen LogP contribution in [0.15, 0.2) is 36.6 Å². The molecule has 0 aliphatic carbocycles. The minimum absolute atomic E-state index is 0.675. The molecule has 4 heteroatoms. The van der Waals surface area contributed by atoms with Gasteiger partial charge in [0.1, 0.15) is 0 Å². The van der Waals surface area contributed by atoms with Crippen molar-refractivity contribution in [3.63, 3.8) is 0 Å². The van der Waals surface area contributed by atoms with Gasteiger partial charge in [0.15, 0.2) is 0 Å². The van der Waals surface area contributed by atoms with Crippen molar-refractivity contribution in [2.24, 2.45) is 5.73 Å². The molecule has 0 aromatic carbocycles. The Morgan fingerprint density at radius 3 is 2.71 bits per heavy atom. The number of rotatable bonds is 9. The number of likely N-dealkylation sites (N-methyl/N-ethyl adjacent to an activating group) is 2.